The first-order valence-corrected chi connectivity index (χ1v) is 7.13. The first-order valence-electron chi connectivity index (χ1n) is 6.60. The Hall–Kier alpha value is -0.240. The van der Waals surface area contributed by atoms with Gasteiger partial charge < -0.3 is 4.90 Å². The molecule has 0 aromatic carbocycles. The summed E-state index contributed by atoms with van der Waals surface area (Å²) in [5, 5.41) is 0. The molecule has 0 saturated carbocycles. The van der Waals surface area contributed by atoms with Crippen LogP contribution in [-0.2, 0) is 4.79 Å². The summed E-state index contributed by atoms with van der Waals surface area (Å²) in [6.45, 7) is 10.7. The van der Waals surface area contributed by atoms with Crippen LogP contribution in [0.2, 0.25) is 0 Å². The molecule has 17 heavy (non-hydrogen) atoms. The lowest BCUT2D eigenvalue weighted by Gasteiger charge is -2.32. The zero-order valence-corrected chi connectivity index (χ0v) is 12.4. The zero-order valence-electron chi connectivity index (χ0n) is 11.7. The van der Waals surface area contributed by atoms with Crippen LogP contribution in [0, 0.1) is 10.8 Å². The van der Waals surface area contributed by atoms with E-state index in [0.29, 0.717) is 18.2 Å². The normalized spacial score (nSPS) is 23.6. The lowest BCUT2D eigenvalue weighted by atomic mass is 9.74. The molecule has 0 unspecified atom stereocenters. The van der Waals surface area contributed by atoms with Crippen LogP contribution in [-0.4, -0.2) is 29.8 Å². The number of amides is 1. The molecule has 1 rings (SSSR count). The lowest BCUT2D eigenvalue weighted by Crippen LogP contribution is -2.37. The average molecular weight is 260 g/mol. The number of likely N-dealkylation sites (tertiary alicyclic amines) is 1. The van der Waals surface area contributed by atoms with E-state index in [1.807, 2.05) is 4.90 Å². The Bertz CT molecular complexity index is 273. The number of hydrogen-bond donors (Lipinski definition) is 0. The van der Waals surface area contributed by atoms with E-state index in [0.717, 1.165) is 32.4 Å². The second-order valence-electron chi connectivity index (χ2n) is 6.89. The lowest BCUT2D eigenvalue weighted by molar-refractivity contribution is -0.132. The molecule has 1 heterocycles. The first kappa shape index (κ1) is 14.8. The second-order valence-corrected chi connectivity index (χ2v) is 7.27. The monoisotopic (exact) mass is 259 g/mol. The largest absolute Gasteiger partial charge is 0.342 e. The number of nitrogens with zero attached hydrogens (tertiary/aromatic N) is 1. The summed E-state index contributed by atoms with van der Waals surface area (Å²) in [4.78, 5) is 14.2. The van der Waals surface area contributed by atoms with Crippen LogP contribution in [0.15, 0.2) is 0 Å². The van der Waals surface area contributed by atoms with E-state index < -0.39 is 0 Å². The third kappa shape index (κ3) is 4.87. The summed E-state index contributed by atoms with van der Waals surface area (Å²) in [6, 6.07) is 0. The van der Waals surface area contributed by atoms with Gasteiger partial charge in [0.15, 0.2) is 0 Å². The summed E-state index contributed by atoms with van der Waals surface area (Å²) in [7, 11) is 0. The van der Waals surface area contributed by atoms with Crippen molar-refractivity contribution in [3.05, 3.63) is 0 Å². The highest BCUT2D eigenvalue weighted by molar-refractivity contribution is 6.17. The Morgan fingerprint density at radius 3 is 2.41 bits per heavy atom. The van der Waals surface area contributed by atoms with Gasteiger partial charge in [-0.05, 0) is 30.1 Å². The van der Waals surface area contributed by atoms with E-state index in [1.165, 1.54) is 0 Å². The topological polar surface area (TPSA) is 20.3 Å². The molecule has 1 fully saturated rings. The van der Waals surface area contributed by atoms with Crippen molar-refractivity contribution in [2.75, 3.05) is 19.0 Å². The molecule has 0 aliphatic carbocycles. The van der Waals surface area contributed by atoms with Crippen molar-refractivity contribution in [1.29, 1.82) is 0 Å². The van der Waals surface area contributed by atoms with Crippen molar-refractivity contribution in [3.63, 3.8) is 0 Å². The smallest absolute Gasteiger partial charge is 0.223 e. The number of halogens is 1. The Labute approximate surface area is 111 Å². The molecule has 1 aliphatic rings. The van der Waals surface area contributed by atoms with Gasteiger partial charge >= 0.3 is 0 Å². The number of unbranched alkanes of at least 4 members (excludes halogenated alkanes) is 1. The molecular formula is C14H26ClNO. The third-order valence-electron chi connectivity index (χ3n) is 3.37. The molecule has 0 aromatic rings. The predicted octanol–water partition coefficient (Wildman–Crippen LogP) is 3.68. The summed E-state index contributed by atoms with van der Waals surface area (Å²) < 4.78 is 0. The molecule has 2 nitrogen and oxygen atoms in total. The van der Waals surface area contributed by atoms with Gasteiger partial charge in [-0.25, -0.2) is 0 Å². The fourth-order valence-electron chi connectivity index (χ4n) is 3.14. The van der Waals surface area contributed by atoms with Crippen LogP contribution in [0.25, 0.3) is 0 Å². The number of hydrogen-bond acceptors (Lipinski definition) is 1. The van der Waals surface area contributed by atoms with Crippen LogP contribution in [0.5, 0.6) is 0 Å². The van der Waals surface area contributed by atoms with Gasteiger partial charge in [-0.15, -0.1) is 11.6 Å². The summed E-state index contributed by atoms with van der Waals surface area (Å²) >= 11 is 5.69. The fraction of sp³-hybridized carbons (Fsp3) is 0.929. The van der Waals surface area contributed by atoms with Crippen LogP contribution in [0.3, 0.4) is 0 Å². The Kier molecular flexibility index (Phi) is 4.88. The summed E-state index contributed by atoms with van der Waals surface area (Å²) in [5.74, 6) is 1.01. The van der Waals surface area contributed by atoms with Crippen LogP contribution < -0.4 is 0 Å². The standard InChI is InChI=1S/C14H26ClNO/c1-13(2)9-12(17)16(8-6-5-7-15)11-14(3,4)10-13/h5-11H2,1-4H3. The summed E-state index contributed by atoms with van der Waals surface area (Å²) in [6.07, 6.45) is 3.80. The van der Waals surface area contributed by atoms with Crippen LogP contribution in [0.4, 0.5) is 0 Å². The summed E-state index contributed by atoms with van der Waals surface area (Å²) in [5.41, 5.74) is 0.346. The molecule has 1 aliphatic heterocycles. The van der Waals surface area contributed by atoms with Crippen molar-refractivity contribution < 1.29 is 4.79 Å². The van der Waals surface area contributed by atoms with E-state index in [2.05, 4.69) is 27.7 Å². The van der Waals surface area contributed by atoms with E-state index in [-0.39, 0.29) is 10.8 Å². The third-order valence-corrected chi connectivity index (χ3v) is 3.64. The van der Waals surface area contributed by atoms with Gasteiger partial charge in [-0.2, -0.15) is 0 Å². The van der Waals surface area contributed by atoms with Gasteiger partial charge in [0.2, 0.25) is 5.91 Å². The number of carbonyl (C=O) groups excluding carboxylic acids is 1. The SMILES string of the molecule is CC1(C)CC(=O)N(CCCCCl)CC(C)(C)C1. The minimum atomic E-state index is 0.127. The number of alkyl halides is 1. The molecule has 3 heteroatoms. The molecule has 0 spiro atoms. The molecule has 0 radical (unpaired) electrons. The molecule has 0 N–H and O–H groups in total. The zero-order chi connectivity index (χ0) is 13.1. The molecule has 1 amide bonds. The fourth-order valence-corrected chi connectivity index (χ4v) is 3.33. The molecule has 0 atom stereocenters. The predicted molar refractivity (Wildman–Crippen MR) is 73.3 cm³/mol. The van der Waals surface area contributed by atoms with Crippen molar-refractivity contribution in [1.82, 2.24) is 4.90 Å². The van der Waals surface area contributed by atoms with E-state index in [4.69, 9.17) is 11.6 Å². The van der Waals surface area contributed by atoms with Gasteiger partial charge in [0.1, 0.15) is 0 Å². The van der Waals surface area contributed by atoms with Crippen molar-refractivity contribution >= 4 is 17.5 Å². The van der Waals surface area contributed by atoms with Gasteiger partial charge in [0.25, 0.3) is 0 Å². The van der Waals surface area contributed by atoms with Crippen molar-refractivity contribution in [2.45, 2.75) is 53.4 Å². The quantitative estimate of drug-likeness (QED) is 0.557. The highest BCUT2D eigenvalue weighted by atomic mass is 35.5. The molecule has 100 valence electrons. The maximum absolute atomic E-state index is 12.2. The Morgan fingerprint density at radius 1 is 1.18 bits per heavy atom. The van der Waals surface area contributed by atoms with Gasteiger partial charge in [0.05, 0.1) is 0 Å². The van der Waals surface area contributed by atoms with E-state index >= 15 is 0 Å². The highest BCUT2D eigenvalue weighted by Crippen LogP contribution is 2.40. The Balaban J connectivity index is 2.67. The van der Waals surface area contributed by atoms with E-state index in [9.17, 15) is 4.79 Å². The number of rotatable bonds is 4. The maximum atomic E-state index is 12.2. The Morgan fingerprint density at radius 2 is 1.82 bits per heavy atom. The molecule has 0 bridgehead atoms. The molecule has 1 saturated heterocycles. The highest BCUT2D eigenvalue weighted by Gasteiger charge is 2.37. The average Bonchev–Trinajstić information content (AvgIpc) is 2.19. The maximum Gasteiger partial charge on any atom is 0.223 e. The van der Waals surface area contributed by atoms with Crippen molar-refractivity contribution in [2.24, 2.45) is 10.8 Å². The first-order chi connectivity index (χ1) is 7.76. The van der Waals surface area contributed by atoms with Gasteiger partial charge in [0, 0.05) is 25.4 Å². The van der Waals surface area contributed by atoms with Crippen LogP contribution in [0.1, 0.15) is 53.4 Å². The minimum Gasteiger partial charge on any atom is -0.342 e. The molecular weight excluding hydrogens is 234 g/mol. The van der Waals surface area contributed by atoms with Crippen molar-refractivity contribution in [3.8, 4) is 0 Å². The van der Waals surface area contributed by atoms with Gasteiger partial charge in [-0.1, -0.05) is 27.7 Å². The minimum absolute atomic E-state index is 0.127. The molecule has 0 aromatic heterocycles. The number of carbonyl (C=O) groups is 1. The van der Waals surface area contributed by atoms with Crippen LogP contribution >= 0.6 is 11.6 Å². The second kappa shape index (κ2) is 5.60. The van der Waals surface area contributed by atoms with Gasteiger partial charge in [-0.3, -0.25) is 4.79 Å². The van der Waals surface area contributed by atoms with E-state index in [1.54, 1.807) is 0 Å².